The van der Waals surface area contributed by atoms with Gasteiger partial charge in [0.2, 0.25) is 0 Å². The molecule has 6 nitrogen and oxygen atoms in total. The Morgan fingerprint density at radius 1 is 1.16 bits per heavy atom. The second-order valence-electron chi connectivity index (χ2n) is 5.37. The number of hydrogen-bond donors (Lipinski definition) is 2. The van der Waals surface area contributed by atoms with E-state index in [9.17, 15) is 4.39 Å². The average molecular weight is 342 g/mol. The number of nitrogens with two attached hydrogens (primary N) is 1. The summed E-state index contributed by atoms with van der Waals surface area (Å²) in [6, 6.07) is 10.9. The first-order chi connectivity index (χ1) is 12.1. The molecule has 3 aromatic rings. The number of halogens is 1. The Kier molecular flexibility index (Phi) is 4.95. The third kappa shape index (κ3) is 3.61. The van der Waals surface area contributed by atoms with E-state index >= 15 is 0 Å². The molecule has 7 heteroatoms. The minimum absolute atomic E-state index is 0.309. The highest BCUT2D eigenvalue weighted by Crippen LogP contribution is 2.31. The van der Waals surface area contributed by atoms with Gasteiger partial charge in [0.25, 0.3) is 0 Å². The molecule has 0 amide bonds. The molecule has 0 aliphatic carbocycles. The van der Waals surface area contributed by atoms with E-state index in [0.29, 0.717) is 29.8 Å². The van der Waals surface area contributed by atoms with E-state index in [1.165, 1.54) is 12.1 Å². The van der Waals surface area contributed by atoms with E-state index in [0.717, 1.165) is 11.1 Å². The zero-order valence-corrected chi connectivity index (χ0v) is 14.0. The largest absolute Gasteiger partial charge is 0.493 e. The maximum absolute atomic E-state index is 13.0. The molecule has 130 valence electrons. The van der Waals surface area contributed by atoms with Gasteiger partial charge in [-0.25, -0.2) is 9.37 Å². The number of nitrogens with one attached hydrogen (secondary N) is 1. The van der Waals surface area contributed by atoms with Crippen LogP contribution >= 0.6 is 0 Å². The maximum atomic E-state index is 13.0. The van der Waals surface area contributed by atoms with Crippen molar-refractivity contribution in [3.63, 3.8) is 0 Å². The monoisotopic (exact) mass is 342 g/mol. The molecular weight excluding hydrogens is 323 g/mol. The van der Waals surface area contributed by atoms with Gasteiger partial charge < -0.3 is 15.2 Å². The lowest BCUT2D eigenvalue weighted by molar-refractivity contribution is 0.311. The van der Waals surface area contributed by atoms with Crippen LogP contribution < -0.4 is 15.2 Å². The lowest BCUT2D eigenvalue weighted by atomic mass is 10.1. The molecule has 0 radical (unpaired) electrons. The van der Waals surface area contributed by atoms with Gasteiger partial charge in [-0.1, -0.05) is 12.1 Å². The molecule has 0 spiro atoms. The Hall–Kier alpha value is -2.93. The summed E-state index contributed by atoms with van der Waals surface area (Å²) in [6.45, 7) is 2.42. The average Bonchev–Trinajstić information content (AvgIpc) is 3.12. The molecule has 1 unspecified atom stereocenters. The first-order valence-electron chi connectivity index (χ1n) is 7.87. The fourth-order valence-electron chi connectivity index (χ4n) is 2.45. The van der Waals surface area contributed by atoms with Crippen molar-refractivity contribution >= 4 is 0 Å². The number of hydrogen-bond acceptors (Lipinski definition) is 5. The van der Waals surface area contributed by atoms with Gasteiger partial charge in [0.05, 0.1) is 19.8 Å². The number of aromatic amines is 1. The molecule has 1 heterocycles. The van der Waals surface area contributed by atoms with Crippen molar-refractivity contribution in [2.24, 2.45) is 5.73 Å². The number of H-pyrrole nitrogens is 1. The van der Waals surface area contributed by atoms with Crippen molar-refractivity contribution in [2.75, 3.05) is 13.7 Å². The lowest BCUT2D eigenvalue weighted by Crippen LogP contribution is -2.13. The summed E-state index contributed by atoms with van der Waals surface area (Å²) in [5.74, 6) is 1.95. The maximum Gasteiger partial charge on any atom is 0.181 e. The van der Waals surface area contributed by atoms with Crippen molar-refractivity contribution in [1.82, 2.24) is 15.2 Å². The molecular formula is C18H19FN4O2. The molecule has 3 N–H and O–H groups in total. The number of ether oxygens (including phenoxy) is 2. The Morgan fingerprint density at radius 3 is 2.60 bits per heavy atom. The molecule has 25 heavy (non-hydrogen) atoms. The fraction of sp³-hybridized carbons (Fsp3) is 0.222. The number of methoxy groups -OCH3 is 1. The van der Waals surface area contributed by atoms with E-state index in [1.807, 2.05) is 19.1 Å². The third-order valence-electron chi connectivity index (χ3n) is 3.75. The number of benzene rings is 2. The Balaban J connectivity index is 1.88. The second kappa shape index (κ2) is 7.31. The first-order valence-corrected chi connectivity index (χ1v) is 7.87. The molecule has 0 saturated heterocycles. The summed E-state index contributed by atoms with van der Waals surface area (Å²) in [7, 11) is 1.59. The molecule has 1 atom stereocenters. The summed E-state index contributed by atoms with van der Waals surface area (Å²) in [4.78, 5) is 4.45. The summed E-state index contributed by atoms with van der Waals surface area (Å²) < 4.78 is 23.9. The number of aromatic nitrogens is 3. The van der Waals surface area contributed by atoms with Gasteiger partial charge in [0.15, 0.2) is 17.3 Å². The van der Waals surface area contributed by atoms with Gasteiger partial charge in [0.1, 0.15) is 11.6 Å². The van der Waals surface area contributed by atoms with E-state index in [4.69, 9.17) is 15.2 Å². The summed E-state index contributed by atoms with van der Waals surface area (Å²) in [5, 5.41) is 7.07. The van der Waals surface area contributed by atoms with E-state index in [1.54, 1.807) is 25.3 Å². The highest BCUT2D eigenvalue weighted by Gasteiger charge is 2.16. The SMILES string of the molecule is CCOc1cc(-c2n[nH]c(C(N)c3ccc(F)cc3)n2)ccc1OC. The Bertz CT molecular complexity index is 849. The predicted molar refractivity (Wildman–Crippen MR) is 92.0 cm³/mol. The van der Waals surface area contributed by atoms with Crippen LogP contribution in [-0.2, 0) is 0 Å². The minimum Gasteiger partial charge on any atom is -0.493 e. The molecule has 0 saturated carbocycles. The fourth-order valence-corrected chi connectivity index (χ4v) is 2.45. The topological polar surface area (TPSA) is 86.0 Å². The third-order valence-corrected chi connectivity index (χ3v) is 3.75. The van der Waals surface area contributed by atoms with Crippen molar-refractivity contribution in [1.29, 1.82) is 0 Å². The van der Waals surface area contributed by atoms with E-state index in [-0.39, 0.29) is 5.82 Å². The van der Waals surface area contributed by atoms with Crippen LogP contribution in [0, 0.1) is 5.82 Å². The zero-order chi connectivity index (χ0) is 17.8. The lowest BCUT2D eigenvalue weighted by Gasteiger charge is -2.10. The van der Waals surface area contributed by atoms with Crippen LogP contribution in [0.4, 0.5) is 4.39 Å². The van der Waals surface area contributed by atoms with Gasteiger partial charge in [-0.15, -0.1) is 0 Å². The van der Waals surface area contributed by atoms with Gasteiger partial charge in [-0.05, 0) is 42.8 Å². The van der Waals surface area contributed by atoms with Crippen LogP contribution in [0.25, 0.3) is 11.4 Å². The molecule has 2 aromatic carbocycles. The number of rotatable bonds is 6. The Labute approximate surface area is 144 Å². The molecule has 0 bridgehead atoms. The van der Waals surface area contributed by atoms with Crippen molar-refractivity contribution in [2.45, 2.75) is 13.0 Å². The molecule has 1 aromatic heterocycles. The minimum atomic E-state index is -0.522. The first kappa shape index (κ1) is 16.9. The van der Waals surface area contributed by atoms with Crippen LogP contribution in [0.15, 0.2) is 42.5 Å². The van der Waals surface area contributed by atoms with Crippen molar-refractivity contribution in [3.05, 3.63) is 59.7 Å². The summed E-state index contributed by atoms with van der Waals surface area (Å²) >= 11 is 0. The Morgan fingerprint density at radius 2 is 1.92 bits per heavy atom. The summed E-state index contributed by atoms with van der Waals surface area (Å²) in [6.07, 6.45) is 0. The van der Waals surface area contributed by atoms with Crippen molar-refractivity contribution in [3.8, 4) is 22.9 Å². The highest BCUT2D eigenvalue weighted by molar-refractivity contribution is 5.61. The van der Waals surface area contributed by atoms with E-state index in [2.05, 4.69) is 15.2 Å². The quantitative estimate of drug-likeness (QED) is 0.719. The smallest absolute Gasteiger partial charge is 0.181 e. The van der Waals surface area contributed by atoms with Crippen LogP contribution in [0.3, 0.4) is 0 Å². The normalized spacial score (nSPS) is 12.0. The second-order valence-corrected chi connectivity index (χ2v) is 5.37. The van der Waals surface area contributed by atoms with Crippen molar-refractivity contribution < 1.29 is 13.9 Å². The van der Waals surface area contributed by atoms with Gasteiger partial charge >= 0.3 is 0 Å². The zero-order valence-electron chi connectivity index (χ0n) is 14.0. The number of nitrogens with zero attached hydrogens (tertiary/aromatic N) is 2. The van der Waals surface area contributed by atoms with Crippen LogP contribution in [-0.4, -0.2) is 28.9 Å². The summed E-state index contributed by atoms with van der Waals surface area (Å²) in [5.41, 5.74) is 7.70. The van der Waals surface area contributed by atoms with E-state index < -0.39 is 6.04 Å². The molecule has 0 aliphatic heterocycles. The van der Waals surface area contributed by atoms with Gasteiger partial charge in [0, 0.05) is 5.56 Å². The molecule has 0 aliphatic rings. The predicted octanol–water partition coefficient (Wildman–Crippen LogP) is 3.07. The molecule has 0 fully saturated rings. The van der Waals surface area contributed by atoms with Crippen LogP contribution in [0.2, 0.25) is 0 Å². The highest BCUT2D eigenvalue weighted by atomic mass is 19.1. The van der Waals surface area contributed by atoms with Crippen LogP contribution in [0.1, 0.15) is 24.4 Å². The van der Waals surface area contributed by atoms with Gasteiger partial charge in [-0.3, -0.25) is 5.10 Å². The molecule has 3 rings (SSSR count). The standard InChI is InChI=1S/C18H19FN4O2/c1-3-25-15-10-12(6-9-14(15)24-2)17-21-18(23-22-17)16(20)11-4-7-13(19)8-5-11/h4-10,16H,3,20H2,1-2H3,(H,21,22,23). The van der Waals surface area contributed by atoms with Gasteiger partial charge in [-0.2, -0.15) is 5.10 Å². The van der Waals surface area contributed by atoms with Crippen LogP contribution in [0.5, 0.6) is 11.5 Å².